The van der Waals surface area contributed by atoms with Gasteiger partial charge in [0.2, 0.25) is 11.8 Å². The normalized spacial score (nSPS) is 18.4. The summed E-state index contributed by atoms with van der Waals surface area (Å²) in [5.74, 6) is -2.19. The Hall–Kier alpha value is -4.46. The van der Waals surface area contributed by atoms with Crippen LogP contribution in [0.4, 0.5) is 23.2 Å². The number of hydrogen-bond acceptors (Lipinski definition) is 8. The average molecular weight is 645 g/mol. The number of amides is 2. The van der Waals surface area contributed by atoms with Crippen molar-refractivity contribution in [2.75, 3.05) is 51.3 Å². The van der Waals surface area contributed by atoms with Crippen molar-refractivity contribution in [3.63, 3.8) is 0 Å². The molecule has 14 heteroatoms. The summed E-state index contributed by atoms with van der Waals surface area (Å²) in [7, 11) is 1.19. The van der Waals surface area contributed by atoms with Gasteiger partial charge >= 0.3 is 6.18 Å². The van der Waals surface area contributed by atoms with E-state index in [-0.39, 0.29) is 48.6 Å². The van der Waals surface area contributed by atoms with Crippen LogP contribution >= 0.6 is 0 Å². The first-order chi connectivity index (χ1) is 22.1. The number of benzene rings is 1. The Morgan fingerprint density at radius 2 is 1.91 bits per heavy atom. The van der Waals surface area contributed by atoms with Crippen LogP contribution in [0.25, 0.3) is 11.1 Å². The maximum Gasteiger partial charge on any atom is 0.434 e. The van der Waals surface area contributed by atoms with Gasteiger partial charge in [-0.15, -0.1) is 0 Å². The molecule has 2 saturated heterocycles. The molecule has 2 N–H and O–H groups in total. The van der Waals surface area contributed by atoms with E-state index < -0.39 is 41.1 Å². The van der Waals surface area contributed by atoms with Crippen molar-refractivity contribution < 1.29 is 36.6 Å². The van der Waals surface area contributed by atoms with E-state index in [1.165, 1.54) is 24.3 Å². The van der Waals surface area contributed by atoms with Gasteiger partial charge in [-0.05, 0) is 56.6 Å². The molecule has 2 aromatic heterocycles. The lowest BCUT2D eigenvalue weighted by molar-refractivity contribution is -0.141. The van der Waals surface area contributed by atoms with Crippen LogP contribution in [0.15, 0.2) is 42.6 Å². The third kappa shape index (κ3) is 6.71. The second kappa shape index (κ2) is 13.9. The van der Waals surface area contributed by atoms with Gasteiger partial charge in [-0.25, -0.2) is 14.4 Å². The standard InChI is InChI=1S/C32H36F4N6O4/c1-4-20-18-41(31(44)23-9-11-25(45-3)40-28(23)32(34,35)36)15-16-42(20)24-10-8-21(22-7-6-13-38-30(22)46-5-2)27(33)26(24)29(43)39-19-12-14-37-17-19/h6-11,13,19-20,37H,4-5,12,14-18H2,1-3H3,(H,39,43)/t19-,20-/m1/s1. The Bertz CT molecular complexity index is 1580. The number of carbonyl (C=O) groups excluding carboxylic acids is 2. The first kappa shape index (κ1) is 32.9. The Balaban J connectivity index is 1.50. The lowest BCUT2D eigenvalue weighted by Gasteiger charge is -2.43. The number of nitrogens with zero attached hydrogens (tertiary/aromatic N) is 4. The number of carbonyl (C=O) groups is 2. The highest BCUT2D eigenvalue weighted by atomic mass is 19.4. The first-order valence-corrected chi connectivity index (χ1v) is 15.2. The molecule has 5 rings (SSSR count). The minimum Gasteiger partial charge on any atom is -0.481 e. The highest BCUT2D eigenvalue weighted by Gasteiger charge is 2.40. The fourth-order valence-corrected chi connectivity index (χ4v) is 5.93. The molecule has 3 aromatic rings. The van der Waals surface area contributed by atoms with E-state index in [9.17, 15) is 22.8 Å². The van der Waals surface area contributed by atoms with Gasteiger partial charge in [0.05, 0.1) is 30.5 Å². The number of aromatic nitrogens is 2. The van der Waals surface area contributed by atoms with Crippen molar-refractivity contribution in [1.82, 2.24) is 25.5 Å². The number of anilines is 1. The molecule has 10 nitrogen and oxygen atoms in total. The van der Waals surface area contributed by atoms with E-state index in [1.807, 2.05) is 11.8 Å². The largest absolute Gasteiger partial charge is 0.481 e. The highest BCUT2D eigenvalue weighted by Crippen LogP contribution is 2.38. The van der Waals surface area contributed by atoms with Crippen LogP contribution in [0.2, 0.25) is 0 Å². The molecule has 0 spiro atoms. The van der Waals surface area contributed by atoms with Gasteiger partial charge in [-0.2, -0.15) is 13.2 Å². The van der Waals surface area contributed by atoms with Gasteiger partial charge < -0.3 is 29.9 Å². The van der Waals surface area contributed by atoms with Crippen LogP contribution < -0.4 is 25.0 Å². The Morgan fingerprint density at radius 1 is 1.11 bits per heavy atom. The predicted octanol–water partition coefficient (Wildman–Crippen LogP) is 4.54. The number of halogens is 4. The smallest absolute Gasteiger partial charge is 0.434 e. The van der Waals surface area contributed by atoms with Crippen molar-refractivity contribution in [1.29, 1.82) is 0 Å². The van der Waals surface area contributed by atoms with E-state index in [2.05, 4.69) is 20.6 Å². The molecule has 4 heterocycles. The minimum absolute atomic E-state index is 0.0345. The number of alkyl halides is 3. The van der Waals surface area contributed by atoms with Gasteiger partial charge in [0.25, 0.3) is 11.8 Å². The Kier molecular flexibility index (Phi) is 9.94. The molecule has 1 aromatic carbocycles. The summed E-state index contributed by atoms with van der Waals surface area (Å²) in [6.45, 7) is 5.47. The number of rotatable bonds is 9. The summed E-state index contributed by atoms with van der Waals surface area (Å²) in [5.41, 5.74) is -1.21. The molecule has 0 aliphatic carbocycles. The SMILES string of the molecule is CCOc1ncccc1-c1ccc(N2CCN(C(=O)c3ccc(OC)nc3C(F)(F)F)C[C@H]2CC)c(C(=O)N[C@@H]2CCNC2)c1F. The second-order valence-corrected chi connectivity index (χ2v) is 11.0. The first-order valence-electron chi connectivity index (χ1n) is 15.2. The summed E-state index contributed by atoms with van der Waals surface area (Å²) in [5, 5.41) is 6.12. The Morgan fingerprint density at radius 3 is 2.59 bits per heavy atom. The van der Waals surface area contributed by atoms with Crippen molar-refractivity contribution in [2.45, 2.75) is 44.9 Å². The summed E-state index contributed by atoms with van der Waals surface area (Å²) in [6, 6.07) is 8.22. The minimum atomic E-state index is -4.88. The third-order valence-corrected chi connectivity index (χ3v) is 8.21. The Labute approximate surface area is 264 Å². The van der Waals surface area contributed by atoms with Gasteiger partial charge in [0.15, 0.2) is 5.69 Å². The van der Waals surface area contributed by atoms with Crippen LogP contribution in [0.1, 0.15) is 53.1 Å². The summed E-state index contributed by atoms with van der Waals surface area (Å²) in [6.07, 6.45) is -2.19. The lowest BCUT2D eigenvalue weighted by atomic mass is 9.97. The van der Waals surface area contributed by atoms with E-state index in [1.54, 1.807) is 31.2 Å². The molecular weight excluding hydrogens is 608 g/mol. The van der Waals surface area contributed by atoms with E-state index in [0.29, 0.717) is 37.2 Å². The fraction of sp³-hybridized carbons (Fsp3) is 0.438. The molecule has 2 aliphatic rings. The molecule has 2 amide bonds. The fourth-order valence-electron chi connectivity index (χ4n) is 5.93. The molecule has 46 heavy (non-hydrogen) atoms. The predicted molar refractivity (Wildman–Crippen MR) is 163 cm³/mol. The molecule has 246 valence electrons. The molecule has 2 aliphatic heterocycles. The van der Waals surface area contributed by atoms with Crippen molar-refractivity contribution in [2.24, 2.45) is 0 Å². The molecule has 0 radical (unpaired) electrons. The van der Waals surface area contributed by atoms with Gasteiger partial charge in [0, 0.05) is 61.7 Å². The average Bonchev–Trinajstić information content (AvgIpc) is 3.56. The van der Waals surface area contributed by atoms with E-state index >= 15 is 4.39 Å². The molecular formula is C32H36F4N6O4. The topological polar surface area (TPSA) is 109 Å². The third-order valence-electron chi connectivity index (χ3n) is 8.21. The number of hydrogen-bond donors (Lipinski definition) is 2. The zero-order valence-corrected chi connectivity index (χ0v) is 25.8. The van der Waals surface area contributed by atoms with Crippen LogP contribution in [-0.4, -0.2) is 85.2 Å². The van der Waals surface area contributed by atoms with Gasteiger partial charge in [-0.1, -0.05) is 6.92 Å². The highest BCUT2D eigenvalue weighted by molar-refractivity contribution is 6.02. The van der Waals surface area contributed by atoms with Crippen LogP contribution in [-0.2, 0) is 6.18 Å². The summed E-state index contributed by atoms with van der Waals surface area (Å²) in [4.78, 5) is 38.2. The summed E-state index contributed by atoms with van der Waals surface area (Å²) >= 11 is 0. The zero-order valence-electron chi connectivity index (χ0n) is 25.8. The molecule has 0 saturated carbocycles. The zero-order chi connectivity index (χ0) is 33.0. The van der Waals surface area contributed by atoms with E-state index in [4.69, 9.17) is 9.47 Å². The summed E-state index contributed by atoms with van der Waals surface area (Å²) < 4.78 is 68.7. The number of piperazine rings is 1. The monoisotopic (exact) mass is 644 g/mol. The van der Waals surface area contributed by atoms with Crippen molar-refractivity contribution in [3.05, 3.63) is 65.2 Å². The molecule has 2 fully saturated rings. The lowest BCUT2D eigenvalue weighted by Crippen LogP contribution is -2.55. The number of methoxy groups -OCH3 is 1. The molecule has 0 bridgehead atoms. The van der Waals surface area contributed by atoms with Crippen LogP contribution in [0.3, 0.4) is 0 Å². The number of nitrogens with one attached hydrogen (secondary N) is 2. The molecule has 2 atom stereocenters. The van der Waals surface area contributed by atoms with Crippen molar-refractivity contribution in [3.8, 4) is 22.9 Å². The molecule has 0 unspecified atom stereocenters. The maximum absolute atomic E-state index is 16.6. The van der Waals surface area contributed by atoms with Gasteiger partial charge in [0.1, 0.15) is 5.82 Å². The quantitative estimate of drug-likeness (QED) is 0.327. The van der Waals surface area contributed by atoms with Crippen molar-refractivity contribution >= 4 is 17.5 Å². The number of pyridine rings is 2. The maximum atomic E-state index is 16.6. The second-order valence-electron chi connectivity index (χ2n) is 11.0. The van der Waals surface area contributed by atoms with Gasteiger partial charge in [-0.3, -0.25) is 9.59 Å². The van der Waals surface area contributed by atoms with Crippen LogP contribution in [0, 0.1) is 5.82 Å². The number of ether oxygens (including phenoxy) is 2. The van der Waals surface area contributed by atoms with Crippen LogP contribution in [0.5, 0.6) is 11.8 Å². The van der Waals surface area contributed by atoms with E-state index in [0.717, 1.165) is 12.6 Å².